The summed E-state index contributed by atoms with van der Waals surface area (Å²) in [7, 11) is 0. The Morgan fingerprint density at radius 3 is 2.49 bits per heavy atom. The quantitative estimate of drug-likeness (QED) is 0.333. The highest BCUT2D eigenvalue weighted by molar-refractivity contribution is 6.01. The lowest BCUT2D eigenvalue weighted by molar-refractivity contribution is -0.121. The number of aromatic amines is 1. The van der Waals surface area contributed by atoms with Gasteiger partial charge in [-0.25, -0.2) is 9.07 Å². The minimum atomic E-state index is -0.513. The normalized spacial score (nSPS) is 10.9. The Kier molecular flexibility index (Phi) is 5.85. The van der Waals surface area contributed by atoms with Crippen molar-refractivity contribution in [2.75, 3.05) is 0 Å². The molecule has 0 saturated heterocycles. The molecule has 3 aromatic carbocycles. The van der Waals surface area contributed by atoms with Crippen molar-refractivity contribution in [3.05, 3.63) is 108 Å². The van der Waals surface area contributed by atoms with E-state index in [1.54, 1.807) is 24.5 Å². The molecule has 0 aliphatic heterocycles. The number of H-pyrrole nitrogens is 1. The van der Waals surface area contributed by atoms with Crippen molar-refractivity contribution in [2.45, 2.75) is 13.3 Å². The molecule has 0 spiro atoms. The van der Waals surface area contributed by atoms with Crippen LogP contribution in [-0.4, -0.2) is 26.6 Å². The molecule has 0 radical (unpaired) electrons. The smallest absolute Gasteiger partial charge is 0.273 e. The van der Waals surface area contributed by atoms with E-state index in [1.165, 1.54) is 16.8 Å². The first-order valence-corrected chi connectivity index (χ1v) is 11.0. The van der Waals surface area contributed by atoms with Crippen molar-refractivity contribution in [2.24, 2.45) is 0 Å². The van der Waals surface area contributed by atoms with Gasteiger partial charge in [-0.15, -0.1) is 0 Å². The topological polar surface area (TPSA) is 91.8 Å². The lowest BCUT2D eigenvalue weighted by atomic mass is 10.1. The Hall–Kier alpha value is -4.72. The average molecular weight is 468 g/mol. The van der Waals surface area contributed by atoms with Crippen LogP contribution < -0.4 is 10.9 Å². The van der Waals surface area contributed by atoms with Crippen LogP contribution in [-0.2, 0) is 11.2 Å². The van der Waals surface area contributed by atoms with Crippen LogP contribution in [0.2, 0.25) is 0 Å². The highest BCUT2D eigenvalue weighted by Crippen LogP contribution is 2.24. The molecule has 8 heteroatoms. The van der Waals surface area contributed by atoms with Gasteiger partial charge in [0.15, 0.2) is 0 Å². The summed E-state index contributed by atoms with van der Waals surface area (Å²) in [5.74, 6) is -1.23. The summed E-state index contributed by atoms with van der Waals surface area (Å²) in [5, 5.41) is 5.52. The Bertz CT molecular complexity index is 1520. The maximum atomic E-state index is 13.4. The number of hydrogen-bond acceptors (Lipinski definition) is 3. The second-order valence-electron chi connectivity index (χ2n) is 8.22. The summed E-state index contributed by atoms with van der Waals surface area (Å²) in [6.45, 7) is 1.97. The van der Waals surface area contributed by atoms with Gasteiger partial charge in [0.25, 0.3) is 5.91 Å². The number of aromatic nitrogens is 3. The van der Waals surface area contributed by atoms with E-state index in [9.17, 15) is 14.0 Å². The number of nitrogens with zero attached hydrogens (tertiary/aromatic N) is 2. The van der Waals surface area contributed by atoms with Crippen molar-refractivity contribution in [1.82, 2.24) is 25.6 Å². The van der Waals surface area contributed by atoms with E-state index in [0.29, 0.717) is 11.4 Å². The van der Waals surface area contributed by atoms with Gasteiger partial charge < -0.3 is 4.98 Å². The molecule has 0 aliphatic carbocycles. The Balaban J connectivity index is 1.37. The number of rotatable bonds is 5. The number of hydrazine groups is 1. The molecule has 3 N–H and O–H groups in total. The molecular formula is C27H22FN5O2. The van der Waals surface area contributed by atoms with Crippen molar-refractivity contribution >= 4 is 22.7 Å². The molecule has 2 aromatic heterocycles. The van der Waals surface area contributed by atoms with Crippen molar-refractivity contribution in [3.63, 3.8) is 0 Å². The van der Waals surface area contributed by atoms with Gasteiger partial charge in [0.1, 0.15) is 11.5 Å². The fourth-order valence-electron chi connectivity index (χ4n) is 3.88. The Morgan fingerprint density at radius 1 is 0.971 bits per heavy atom. The van der Waals surface area contributed by atoms with Crippen molar-refractivity contribution in [1.29, 1.82) is 0 Å². The zero-order chi connectivity index (χ0) is 24.4. The number of nitrogens with one attached hydrogen (secondary N) is 3. The predicted molar refractivity (Wildman–Crippen MR) is 131 cm³/mol. The van der Waals surface area contributed by atoms with Crippen LogP contribution in [0.5, 0.6) is 0 Å². The summed E-state index contributed by atoms with van der Waals surface area (Å²) in [5.41, 5.74) is 9.88. The van der Waals surface area contributed by atoms with Gasteiger partial charge in [-0.05, 0) is 42.8 Å². The third-order valence-electron chi connectivity index (χ3n) is 5.72. The molecule has 0 saturated carbocycles. The van der Waals surface area contributed by atoms with Gasteiger partial charge in [0, 0.05) is 28.9 Å². The second kappa shape index (κ2) is 9.26. The van der Waals surface area contributed by atoms with Crippen LogP contribution in [0.3, 0.4) is 0 Å². The first kappa shape index (κ1) is 22.1. The van der Waals surface area contributed by atoms with Crippen LogP contribution in [0.4, 0.5) is 4.39 Å². The van der Waals surface area contributed by atoms with Gasteiger partial charge in [0.05, 0.1) is 17.7 Å². The van der Waals surface area contributed by atoms with Crippen molar-refractivity contribution < 1.29 is 14.0 Å². The van der Waals surface area contributed by atoms with E-state index in [-0.39, 0.29) is 23.7 Å². The average Bonchev–Trinajstić information content (AvgIpc) is 3.49. The molecule has 0 aliphatic rings. The molecule has 0 fully saturated rings. The molecule has 0 unspecified atom stereocenters. The fourth-order valence-corrected chi connectivity index (χ4v) is 3.88. The lowest BCUT2D eigenvalue weighted by Gasteiger charge is -2.07. The van der Waals surface area contributed by atoms with Crippen LogP contribution in [0.1, 0.15) is 21.5 Å². The number of fused-ring (bicyclic) bond motifs is 1. The second-order valence-corrected chi connectivity index (χ2v) is 8.22. The summed E-state index contributed by atoms with van der Waals surface area (Å²) < 4.78 is 14.9. The fraction of sp³-hybridized carbons (Fsp3) is 0.0741. The zero-order valence-corrected chi connectivity index (χ0v) is 18.9. The van der Waals surface area contributed by atoms with Gasteiger partial charge in [-0.2, -0.15) is 5.10 Å². The maximum absolute atomic E-state index is 13.4. The lowest BCUT2D eigenvalue weighted by Crippen LogP contribution is -2.42. The number of aryl methyl sites for hydroxylation is 1. The van der Waals surface area contributed by atoms with E-state index >= 15 is 0 Å². The summed E-state index contributed by atoms with van der Waals surface area (Å²) in [6, 6.07) is 21.1. The molecule has 2 amide bonds. The monoisotopic (exact) mass is 467 g/mol. The van der Waals surface area contributed by atoms with Crippen LogP contribution >= 0.6 is 0 Å². The molecule has 0 bridgehead atoms. The highest BCUT2D eigenvalue weighted by atomic mass is 19.1. The Morgan fingerprint density at radius 2 is 1.71 bits per heavy atom. The highest BCUT2D eigenvalue weighted by Gasteiger charge is 2.19. The van der Waals surface area contributed by atoms with Gasteiger partial charge in [-0.1, -0.05) is 48.0 Å². The summed E-state index contributed by atoms with van der Waals surface area (Å²) in [4.78, 5) is 28.8. The third kappa shape index (κ3) is 4.67. The number of amides is 2. The standard InChI is InChI=1S/C27H22FN5O2/c1-17-6-8-18(9-7-17)26-23(16-33(32-26)21-12-10-20(28)11-13-21)27(35)31-30-25(34)14-19-15-29-24-5-3-2-4-22(19)24/h2-13,15-16,29H,14H2,1H3,(H,30,34)(H,31,35). The molecule has 7 nitrogen and oxygen atoms in total. The van der Waals surface area contributed by atoms with E-state index < -0.39 is 5.91 Å². The van der Waals surface area contributed by atoms with Crippen LogP contribution in [0, 0.1) is 12.7 Å². The van der Waals surface area contributed by atoms with Gasteiger partial charge >= 0.3 is 0 Å². The number of halogens is 1. The number of para-hydroxylation sites is 1. The minimum Gasteiger partial charge on any atom is -0.361 e. The molecule has 0 atom stereocenters. The van der Waals surface area contributed by atoms with E-state index in [2.05, 4.69) is 20.9 Å². The van der Waals surface area contributed by atoms with Gasteiger partial charge in [0.2, 0.25) is 5.91 Å². The molecule has 5 rings (SSSR count). The predicted octanol–water partition coefficient (Wildman–Crippen LogP) is 4.47. The number of carbonyl (C=O) groups is 2. The molecule has 174 valence electrons. The minimum absolute atomic E-state index is 0.101. The van der Waals surface area contributed by atoms with E-state index in [1.807, 2.05) is 55.5 Å². The molecule has 35 heavy (non-hydrogen) atoms. The number of benzene rings is 3. The maximum Gasteiger partial charge on any atom is 0.273 e. The SMILES string of the molecule is Cc1ccc(-c2nn(-c3ccc(F)cc3)cc2C(=O)NNC(=O)Cc2c[nH]c3ccccc23)cc1. The number of hydrogen-bond donors (Lipinski definition) is 3. The van der Waals surface area contributed by atoms with E-state index in [0.717, 1.165) is 27.6 Å². The first-order chi connectivity index (χ1) is 17.0. The van der Waals surface area contributed by atoms with Gasteiger partial charge in [-0.3, -0.25) is 20.4 Å². The van der Waals surface area contributed by atoms with Crippen molar-refractivity contribution in [3.8, 4) is 16.9 Å². The Labute approximate surface area is 200 Å². The van der Waals surface area contributed by atoms with Crippen LogP contribution in [0.25, 0.3) is 27.8 Å². The molecular weight excluding hydrogens is 445 g/mol. The molecule has 5 aromatic rings. The molecule has 2 heterocycles. The van der Waals surface area contributed by atoms with Crippen LogP contribution in [0.15, 0.2) is 85.2 Å². The van der Waals surface area contributed by atoms with E-state index in [4.69, 9.17) is 0 Å². The summed E-state index contributed by atoms with van der Waals surface area (Å²) >= 11 is 0. The summed E-state index contributed by atoms with van der Waals surface area (Å²) in [6.07, 6.45) is 3.45. The third-order valence-corrected chi connectivity index (χ3v) is 5.72. The largest absolute Gasteiger partial charge is 0.361 e. The zero-order valence-electron chi connectivity index (χ0n) is 18.9. The first-order valence-electron chi connectivity index (χ1n) is 11.0. The number of carbonyl (C=O) groups excluding carboxylic acids is 2.